The van der Waals surface area contributed by atoms with Crippen LogP contribution in [0.1, 0.15) is 5.69 Å². The van der Waals surface area contributed by atoms with Gasteiger partial charge in [0.1, 0.15) is 5.82 Å². The maximum atomic E-state index is 13.2. The van der Waals surface area contributed by atoms with Gasteiger partial charge in [-0.25, -0.2) is 14.0 Å². The molecule has 1 aromatic heterocycles. The maximum Gasteiger partial charge on any atom is 0.398 e. The van der Waals surface area contributed by atoms with E-state index in [1.165, 1.54) is 12.1 Å². The standard InChI is InChI=1S/C11H7BrF4N4O2S/c12-6-3-5(1-2-7(6)13)17-9(18-21)8-10(20-22-19-8)23-4-11(14,15)16/h1-3,21H,4H2,(H,17,18). The molecule has 2 N–H and O–H groups in total. The van der Waals surface area contributed by atoms with Gasteiger partial charge in [-0.2, -0.15) is 13.2 Å². The molecule has 0 spiro atoms. The second-order valence-corrected chi connectivity index (χ2v) is 5.81. The monoisotopic (exact) mass is 414 g/mol. The Morgan fingerprint density at radius 2 is 2.13 bits per heavy atom. The SMILES string of the molecule is ONC(=Nc1ccc(F)c(Br)c1)c1nonc1SCC(F)(F)F. The topological polar surface area (TPSA) is 83.5 Å². The number of rotatable bonds is 4. The van der Waals surface area contributed by atoms with Crippen molar-refractivity contribution < 1.29 is 27.4 Å². The Bertz CT molecular complexity index is 722. The lowest BCUT2D eigenvalue weighted by Gasteiger charge is -2.05. The Balaban J connectivity index is 2.29. The number of benzene rings is 1. The molecule has 0 fully saturated rings. The number of hydrogen-bond acceptors (Lipinski definition) is 6. The zero-order valence-electron chi connectivity index (χ0n) is 10.9. The number of nitrogens with zero attached hydrogens (tertiary/aromatic N) is 3. The molecule has 0 saturated carbocycles. The van der Waals surface area contributed by atoms with Crippen LogP contribution in [0.3, 0.4) is 0 Å². The predicted octanol–water partition coefficient (Wildman–Crippen LogP) is 3.68. The van der Waals surface area contributed by atoms with Crippen LogP contribution in [0.15, 0.2) is 37.3 Å². The first kappa shape index (κ1) is 17.7. The second-order valence-electron chi connectivity index (χ2n) is 3.99. The number of aliphatic imine (C=N–C) groups is 1. The molecule has 0 saturated heterocycles. The molecule has 0 unspecified atom stereocenters. The summed E-state index contributed by atoms with van der Waals surface area (Å²) in [6.45, 7) is 0. The lowest BCUT2D eigenvalue weighted by molar-refractivity contribution is -0.105. The number of halogens is 5. The van der Waals surface area contributed by atoms with Gasteiger partial charge in [0.05, 0.1) is 15.9 Å². The van der Waals surface area contributed by atoms with E-state index in [0.29, 0.717) is 11.8 Å². The Morgan fingerprint density at radius 3 is 2.74 bits per heavy atom. The molecule has 0 aliphatic rings. The normalized spacial score (nSPS) is 12.5. The number of hydroxylamine groups is 1. The Hall–Kier alpha value is -1.66. The minimum absolute atomic E-state index is 0.126. The number of alkyl halides is 3. The minimum Gasteiger partial charge on any atom is -0.290 e. The van der Waals surface area contributed by atoms with E-state index in [9.17, 15) is 17.6 Å². The van der Waals surface area contributed by atoms with Crippen LogP contribution in [-0.2, 0) is 0 Å². The highest BCUT2D eigenvalue weighted by atomic mass is 79.9. The molecule has 124 valence electrons. The number of nitrogens with one attached hydrogen (secondary N) is 1. The van der Waals surface area contributed by atoms with Crippen molar-refractivity contribution in [3.63, 3.8) is 0 Å². The molecule has 0 amide bonds. The van der Waals surface area contributed by atoms with Gasteiger partial charge in [-0.1, -0.05) is 11.8 Å². The number of thioether (sulfide) groups is 1. The van der Waals surface area contributed by atoms with Gasteiger partial charge in [-0.3, -0.25) is 10.7 Å². The molecule has 2 aromatic rings. The van der Waals surface area contributed by atoms with Gasteiger partial charge >= 0.3 is 6.18 Å². The van der Waals surface area contributed by atoms with Crippen LogP contribution in [0.2, 0.25) is 0 Å². The summed E-state index contributed by atoms with van der Waals surface area (Å²) >= 11 is 3.29. The van der Waals surface area contributed by atoms with Gasteiger partial charge in [-0.15, -0.1) is 0 Å². The van der Waals surface area contributed by atoms with Gasteiger partial charge in [0.2, 0.25) is 0 Å². The van der Waals surface area contributed by atoms with E-state index in [0.717, 1.165) is 6.07 Å². The van der Waals surface area contributed by atoms with Crippen LogP contribution in [-0.4, -0.2) is 33.3 Å². The van der Waals surface area contributed by atoms with Crippen LogP contribution < -0.4 is 5.48 Å². The summed E-state index contributed by atoms with van der Waals surface area (Å²) in [5.41, 5.74) is 1.71. The van der Waals surface area contributed by atoms with Crippen molar-refractivity contribution in [2.75, 3.05) is 5.75 Å². The summed E-state index contributed by atoms with van der Waals surface area (Å²) in [5, 5.41) is 15.7. The summed E-state index contributed by atoms with van der Waals surface area (Å²) in [5.74, 6) is -2.03. The fourth-order valence-electron chi connectivity index (χ4n) is 1.38. The molecule has 0 aliphatic heterocycles. The Morgan fingerprint density at radius 1 is 1.39 bits per heavy atom. The zero-order valence-corrected chi connectivity index (χ0v) is 13.3. The van der Waals surface area contributed by atoms with Crippen LogP contribution >= 0.6 is 27.7 Å². The summed E-state index contributed by atoms with van der Waals surface area (Å²) < 4.78 is 54.4. The van der Waals surface area contributed by atoms with E-state index in [4.69, 9.17) is 5.21 Å². The average Bonchev–Trinajstić information content (AvgIpc) is 2.94. The van der Waals surface area contributed by atoms with E-state index in [1.54, 1.807) is 5.48 Å². The molecule has 12 heteroatoms. The third-order valence-corrected chi connectivity index (χ3v) is 3.93. The van der Waals surface area contributed by atoms with Gasteiger partial charge in [0.15, 0.2) is 16.6 Å². The van der Waals surface area contributed by atoms with E-state index in [-0.39, 0.29) is 26.7 Å². The molecule has 1 aromatic carbocycles. The van der Waals surface area contributed by atoms with Gasteiger partial charge < -0.3 is 0 Å². The van der Waals surface area contributed by atoms with E-state index < -0.39 is 17.7 Å². The number of amidine groups is 1. The second kappa shape index (κ2) is 7.27. The first-order chi connectivity index (χ1) is 10.8. The van der Waals surface area contributed by atoms with Crippen molar-refractivity contribution in [1.82, 2.24) is 15.8 Å². The minimum atomic E-state index is -4.41. The van der Waals surface area contributed by atoms with Crippen molar-refractivity contribution in [2.24, 2.45) is 4.99 Å². The van der Waals surface area contributed by atoms with Crippen molar-refractivity contribution in [3.8, 4) is 0 Å². The number of hydrogen-bond donors (Lipinski definition) is 2. The first-order valence-electron chi connectivity index (χ1n) is 5.76. The van der Waals surface area contributed by atoms with Crippen molar-refractivity contribution >= 4 is 39.2 Å². The van der Waals surface area contributed by atoms with Gasteiger partial charge in [-0.05, 0) is 44.4 Å². The van der Waals surface area contributed by atoms with Crippen LogP contribution in [0.5, 0.6) is 0 Å². The summed E-state index contributed by atoms with van der Waals surface area (Å²) in [7, 11) is 0. The third kappa shape index (κ3) is 4.91. The van der Waals surface area contributed by atoms with Crippen LogP contribution in [0, 0.1) is 5.82 Å². The number of aromatic nitrogens is 2. The van der Waals surface area contributed by atoms with Gasteiger partial charge in [0.25, 0.3) is 0 Å². The van der Waals surface area contributed by atoms with Gasteiger partial charge in [0, 0.05) is 0 Å². The van der Waals surface area contributed by atoms with Crippen LogP contribution in [0.25, 0.3) is 0 Å². The van der Waals surface area contributed by atoms with E-state index in [2.05, 4.69) is 35.9 Å². The highest BCUT2D eigenvalue weighted by Gasteiger charge is 2.29. The smallest absolute Gasteiger partial charge is 0.290 e. The largest absolute Gasteiger partial charge is 0.398 e. The molecule has 0 aliphatic carbocycles. The highest BCUT2D eigenvalue weighted by Crippen LogP contribution is 2.28. The average molecular weight is 415 g/mol. The van der Waals surface area contributed by atoms with E-state index >= 15 is 0 Å². The zero-order chi connectivity index (χ0) is 17.0. The molecular formula is C11H7BrF4N4O2S. The van der Waals surface area contributed by atoms with Crippen molar-refractivity contribution in [3.05, 3.63) is 34.2 Å². The molecule has 0 radical (unpaired) electrons. The molecule has 1 heterocycles. The van der Waals surface area contributed by atoms with Crippen molar-refractivity contribution in [2.45, 2.75) is 11.2 Å². The highest BCUT2D eigenvalue weighted by molar-refractivity contribution is 9.10. The molecule has 6 nitrogen and oxygen atoms in total. The first-order valence-corrected chi connectivity index (χ1v) is 7.54. The summed E-state index contributed by atoms with van der Waals surface area (Å²) in [6.07, 6.45) is -4.41. The molecule has 23 heavy (non-hydrogen) atoms. The Labute approximate surface area is 139 Å². The molecule has 0 atom stereocenters. The lowest BCUT2D eigenvalue weighted by atomic mass is 10.3. The quantitative estimate of drug-likeness (QED) is 0.261. The molecular weight excluding hydrogens is 408 g/mol. The fraction of sp³-hybridized carbons (Fsp3) is 0.182. The fourth-order valence-corrected chi connectivity index (χ4v) is 2.41. The summed E-state index contributed by atoms with van der Waals surface area (Å²) in [6, 6.07) is 3.73. The third-order valence-electron chi connectivity index (χ3n) is 2.31. The molecule has 2 rings (SSSR count). The van der Waals surface area contributed by atoms with E-state index in [1.807, 2.05) is 0 Å². The maximum absolute atomic E-state index is 13.2. The lowest BCUT2D eigenvalue weighted by Crippen LogP contribution is -2.21. The van der Waals surface area contributed by atoms with Crippen molar-refractivity contribution in [1.29, 1.82) is 0 Å². The predicted molar refractivity (Wildman–Crippen MR) is 76.3 cm³/mol. The summed E-state index contributed by atoms with van der Waals surface area (Å²) in [4.78, 5) is 3.93. The Kier molecular flexibility index (Phi) is 5.59. The van der Waals surface area contributed by atoms with Crippen LogP contribution in [0.4, 0.5) is 23.2 Å². The molecule has 0 bridgehead atoms.